The lowest BCUT2D eigenvalue weighted by Crippen LogP contribution is -2.57. The van der Waals surface area contributed by atoms with Gasteiger partial charge in [-0.2, -0.15) is 0 Å². The van der Waals surface area contributed by atoms with Crippen LogP contribution in [0.15, 0.2) is 11.6 Å². The number of esters is 1. The van der Waals surface area contributed by atoms with Crippen LogP contribution in [0.5, 0.6) is 0 Å². The zero-order chi connectivity index (χ0) is 24.3. The van der Waals surface area contributed by atoms with Crippen LogP contribution in [-0.2, 0) is 18.7 Å². The number of hydrogen-bond acceptors (Lipinski definition) is 5. The van der Waals surface area contributed by atoms with Crippen molar-refractivity contribution in [3.8, 4) is 0 Å². The van der Waals surface area contributed by atoms with Crippen molar-refractivity contribution in [3.63, 3.8) is 0 Å². The first-order valence-electron chi connectivity index (χ1n) is 11.5. The van der Waals surface area contributed by atoms with Crippen LogP contribution in [0.3, 0.4) is 0 Å². The minimum Gasteiger partial charge on any atom is -0.464 e. The quantitative estimate of drug-likeness (QED) is 0.271. The Kier molecular flexibility index (Phi) is 8.99. The Labute approximate surface area is 190 Å². The summed E-state index contributed by atoms with van der Waals surface area (Å²) in [7, 11) is -1.87. The number of hydrogen-bond donors (Lipinski definition) is 0. The predicted octanol–water partition coefficient (Wildman–Crippen LogP) is 5.92. The Balaban J connectivity index is 3.16. The Morgan fingerprint density at radius 3 is 2.23 bits per heavy atom. The number of rotatable bonds is 7. The van der Waals surface area contributed by atoms with Crippen molar-refractivity contribution in [1.29, 1.82) is 0 Å². The van der Waals surface area contributed by atoms with E-state index in [4.69, 9.17) is 13.9 Å². The second-order valence-corrected chi connectivity index (χ2v) is 16.1. The van der Waals surface area contributed by atoms with Gasteiger partial charge >= 0.3 is 12.1 Å². The molecule has 0 spiro atoms. The van der Waals surface area contributed by atoms with Crippen LogP contribution in [0, 0.1) is 5.92 Å². The second-order valence-electron chi connectivity index (χ2n) is 11.3. The maximum absolute atomic E-state index is 13.2. The molecule has 0 aromatic carbocycles. The van der Waals surface area contributed by atoms with Crippen molar-refractivity contribution < 1.29 is 23.5 Å². The molecule has 31 heavy (non-hydrogen) atoms. The van der Waals surface area contributed by atoms with Crippen LogP contribution in [0.2, 0.25) is 18.1 Å². The van der Waals surface area contributed by atoms with Gasteiger partial charge in [0.1, 0.15) is 11.1 Å². The summed E-state index contributed by atoms with van der Waals surface area (Å²) in [5.74, 6) is -0.398. The van der Waals surface area contributed by atoms with Crippen LogP contribution in [0.1, 0.15) is 75.2 Å². The van der Waals surface area contributed by atoms with Gasteiger partial charge in [0.2, 0.25) is 0 Å². The fraction of sp³-hybridized carbons (Fsp3) is 0.833. The van der Waals surface area contributed by atoms with Gasteiger partial charge in [0, 0.05) is 13.0 Å². The molecule has 0 aromatic rings. The van der Waals surface area contributed by atoms with Gasteiger partial charge in [0.15, 0.2) is 8.32 Å². The van der Waals surface area contributed by atoms with Crippen LogP contribution in [0.4, 0.5) is 4.79 Å². The van der Waals surface area contributed by atoms with E-state index in [1.807, 2.05) is 40.7 Å². The Bertz CT molecular complexity index is 674. The van der Waals surface area contributed by atoms with Gasteiger partial charge in [-0.05, 0) is 65.1 Å². The van der Waals surface area contributed by atoms with Crippen molar-refractivity contribution in [1.82, 2.24) is 4.90 Å². The van der Waals surface area contributed by atoms with Crippen LogP contribution >= 0.6 is 0 Å². The standard InChI is InChI=1S/C24H45NO5Si/c1-12-28-20(26)24(15-13-18(2)17-29-31(10,11)23(7,8)9)19(3)14-16-25(24)21(27)30-22(4,5)6/h13,19H,12,14-17H2,1-11H3/b18-13-/t19-,24+/m0/s1. The van der Waals surface area contributed by atoms with Gasteiger partial charge in [-0.1, -0.05) is 39.3 Å². The highest BCUT2D eigenvalue weighted by Gasteiger charge is 2.56. The van der Waals surface area contributed by atoms with Crippen molar-refractivity contribution in [2.24, 2.45) is 5.92 Å². The highest BCUT2D eigenvalue weighted by molar-refractivity contribution is 6.74. The first-order valence-corrected chi connectivity index (χ1v) is 14.4. The second kappa shape index (κ2) is 10.1. The summed E-state index contributed by atoms with van der Waals surface area (Å²) in [5.41, 5.74) is -0.639. The van der Waals surface area contributed by atoms with E-state index in [1.165, 1.54) is 0 Å². The predicted molar refractivity (Wildman–Crippen MR) is 128 cm³/mol. The number of carbonyl (C=O) groups excluding carboxylic acids is 2. The van der Waals surface area contributed by atoms with Crippen LogP contribution in [0.25, 0.3) is 0 Å². The summed E-state index contributed by atoms with van der Waals surface area (Å²) < 4.78 is 17.4. The highest BCUT2D eigenvalue weighted by atomic mass is 28.4. The summed E-state index contributed by atoms with van der Waals surface area (Å²) in [6.45, 7) is 23.7. The topological polar surface area (TPSA) is 65.1 Å². The zero-order valence-electron chi connectivity index (χ0n) is 21.7. The van der Waals surface area contributed by atoms with Crippen LogP contribution < -0.4 is 0 Å². The number of ether oxygens (including phenoxy) is 2. The molecule has 1 amide bonds. The minimum absolute atomic E-state index is 0.0376. The molecule has 0 unspecified atom stereocenters. The van der Waals surface area contributed by atoms with Crippen molar-refractivity contribution >= 4 is 20.4 Å². The zero-order valence-corrected chi connectivity index (χ0v) is 22.7. The molecule has 0 N–H and O–H groups in total. The molecular weight excluding hydrogens is 410 g/mol. The van der Waals surface area contributed by atoms with Crippen LogP contribution in [-0.4, -0.2) is 56.2 Å². The SMILES string of the molecule is CCOC(=O)[C@@]1(C/C=C(/C)CO[Si](C)(C)C(C)(C)C)[C@@H](C)CCN1C(=O)OC(C)(C)C. The van der Waals surface area contributed by atoms with E-state index in [9.17, 15) is 9.59 Å². The van der Waals surface area contributed by atoms with E-state index < -0.39 is 25.6 Å². The minimum atomic E-state index is -1.87. The molecular formula is C24H45NO5Si. The molecule has 0 saturated carbocycles. The van der Waals surface area contributed by atoms with E-state index >= 15 is 0 Å². The van der Waals surface area contributed by atoms with Crippen molar-refractivity contribution in [2.45, 2.75) is 104 Å². The fourth-order valence-corrected chi connectivity index (χ4v) is 4.48. The van der Waals surface area contributed by atoms with Gasteiger partial charge < -0.3 is 13.9 Å². The average molecular weight is 456 g/mol. The number of carbonyl (C=O) groups is 2. The molecule has 2 atom stereocenters. The van der Waals surface area contributed by atoms with E-state index in [0.717, 1.165) is 12.0 Å². The third-order valence-electron chi connectivity index (χ3n) is 6.55. The maximum Gasteiger partial charge on any atom is 0.411 e. The average Bonchev–Trinajstić information content (AvgIpc) is 2.93. The summed E-state index contributed by atoms with van der Waals surface area (Å²) in [6.07, 6.45) is 2.68. The number of likely N-dealkylation sites (tertiary alicyclic amines) is 1. The molecule has 1 fully saturated rings. The molecule has 180 valence electrons. The lowest BCUT2D eigenvalue weighted by Gasteiger charge is -2.39. The molecule has 1 aliphatic heterocycles. The molecule has 0 aliphatic carbocycles. The fourth-order valence-electron chi connectivity index (χ4n) is 3.46. The Hall–Kier alpha value is -1.34. The molecule has 1 aliphatic rings. The van der Waals surface area contributed by atoms with Gasteiger partial charge in [-0.3, -0.25) is 4.90 Å². The van der Waals surface area contributed by atoms with Crippen molar-refractivity contribution in [3.05, 3.63) is 11.6 Å². The molecule has 0 aromatic heterocycles. The summed E-state index contributed by atoms with van der Waals surface area (Å²) in [4.78, 5) is 27.8. The third kappa shape index (κ3) is 6.82. The smallest absolute Gasteiger partial charge is 0.411 e. The van der Waals surface area contributed by atoms with E-state index in [1.54, 1.807) is 11.8 Å². The molecule has 7 heteroatoms. The maximum atomic E-state index is 13.2. The first-order chi connectivity index (χ1) is 14.0. The molecule has 1 saturated heterocycles. The number of nitrogens with zero attached hydrogens (tertiary/aromatic N) is 1. The summed E-state index contributed by atoms with van der Waals surface area (Å²) in [5, 5.41) is 0.132. The number of amides is 1. The normalized spacial score (nSPS) is 23.1. The largest absolute Gasteiger partial charge is 0.464 e. The molecule has 1 heterocycles. The monoisotopic (exact) mass is 455 g/mol. The molecule has 6 nitrogen and oxygen atoms in total. The van der Waals surface area contributed by atoms with Gasteiger partial charge in [-0.25, -0.2) is 9.59 Å². The summed E-state index contributed by atoms with van der Waals surface area (Å²) in [6, 6.07) is 0. The van der Waals surface area contributed by atoms with E-state index in [0.29, 0.717) is 19.6 Å². The van der Waals surface area contributed by atoms with E-state index in [2.05, 4.69) is 33.9 Å². The van der Waals surface area contributed by atoms with Gasteiger partial charge in [0.25, 0.3) is 0 Å². The van der Waals surface area contributed by atoms with E-state index in [-0.39, 0.29) is 23.5 Å². The molecule has 1 rings (SSSR count). The van der Waals surface area contributed by atoms with Gasteiger partial charge in [-0.15, -0.1) is 0 Å². The third-order valence-corrected chi connectivity index (χ3v) is 11.0. The van der Waals surface area contributed by atoms with Gasteiger partial charge in [0.05, 0.1) is 13.2 Å². The highest BCUT2D eigenvalue weighted by Crippen LogP contribution is 2.41. The lowest BCUT2D eigenvalue weighted by atomic mass is 9.82. The lowest BCUT2D eigenvalue weighted by molar-refractivity contribution is -0.157. The first kappa shape index (κ1) is 27.7. The summed E-state index contributed by atoms with van der Waals surface area (Å²) >= 11 is 0. The molecule has 0 radical (unpaired) electrons. The Morgan fingerprint density at radius 1 is 1.16 bits per heavy atom. The molecule has 0 bridgehead atoms. The Morgan fingerprint density at radius 2 is 1.74 bits per heavy atom. The van der Waals surface area contributed by atoms with Crippen molar-refractivity contribution in [2.75, 3.05) is 19.8 Å².